The van der Waals surface area contributed by atoms with E-state index >= 15 is 0 Å². The van der Waals surface area contributed by atoms with Gasteiger partial charge in [0.25, 0.3) is 0 Å². The van der Waals surface area contributed by atoms with Gasteiger partial charge in [0.2, 0.25) is 5.91 Å². The van der Waals surface area contributed by atoms with Crippen molar-refractivity contribution in [2.24, 2.45) is 0 Å². The van der Waals surface area contributed by atoms with Gasteiger partial charge in [0.05, 0.1) is 11.5 Å². The Labute approximate surface area is 171 Å². The van der Waals surface area contributed by atoms with Crippen molar-refractivity contribution in [2.75, 3.05) is 11.9 Å². The third-order valence-corrected chi connectivity index (χ3v) is 5.45. The molecule has 2 atom stereocenters. The number of rotatable bonds is 8. The zero-order chi connectivity index (χ0) is 21.0. The highest BCUT2D eigenvalue weighted by molar-refractivity contribution is 7.19. The Morgan fingerprint density at radius 1 is 1.21 bits per heavy atom. The van der Waals surface area contributed by atoms with E-state index in [2.05, 4.69) is 20.6 Å². The lowest BCUT2D eigenvalue weighted by molar-refractivity contribution is -0.144. The largest absolute Gasteiger partial charge is 0.480 e. The second-order valence-electron chi connectivity index (χ2n) is 6.60. The maximum absolute atomic E-state index is 12.1. The first-order chi connectivity index (χ1) is 13.9. The number of aliphatic hydroxyl groups excluding tert-OH is 1. The van der Waals surface area contributed by atoms with E-state index in [4.69, 9.17) is 5.11 Å². The number of fused-ring (bicyclic) bond motifs is 1. The molecule has 152 valence electrons. The number of aryl methyl sites for hydroxylation is 1. The minimum atomic E-state index is -1.34. The van der Waals surface area contributed by atoms with Crippen LogP contribution < -0.4 is 10.6 Å². The average molecular weight is 414 g/mol. The Hall–Kier alpha value is -3.04. The summed E-state index contributed by atoms with van der Waals surface area (Å²) in [7, 11) is 0. The first-order valence-corrected chi connectivity index (χ1v) is 9.93. The molecular formula is C20H22N4O4S. The van der Waals surface area contributed by atoms with Crippen molar-refractivity contribution >= 4 is 39.2 Å². The topological polar surface area (TPSA) is 124 Å². The Bertz CT molecular complexity index is 1020. The number of aliphatic hydroxyl groups is 1. The summed E-state index contributed by atoms with van der Waals surface area (Å²) in [4.78, 5) is 33.8. The van der Waals surface area contributed by atoms with Gasteiger partial charge in [-0.2, -0.15) is 0 Å². The van der Waals surface area contributed by atoms with Gasteiger partial charge in [-0.05, 0) is 19.4 Å². The number of aliphatic carboxylic acids is 1. The number of anilines is 1. The van der Waals surface area contributed by atoms with Gasteiger partial charge in [-0.25, -0.2) is 14.8 Å². The molecule has 0 saturated heterocycles. The minimum Gasteiger partial charge on any atom is -0.480 e. The third kappa shape index (κ3) is 4.69. The molecule has 0 saturated carbocycles. The van der Waals surface area contributed by atoms with Crippen molar-refractivity contribution in [2.45, 2.75) is 32.4 Å². The van der Waals surface area contributed by atoms with E-state index in [0.717, 1.165) is 26.2 Å². The first kappa shape index (κ1) is 20.7. The number of hydrogen-bond acceptors (Lipinski definition) is 7. The van der Waals surface area contributed by atoms with Crippen LogP contribution in [0.2, 0.25) is 0 Å². The van der Waals surface area contributed by atoms with Crippen LogP contribution in [0.3, 0.4) is 0 Å². The molecule has 0 radical (unpaired) electrons. The molecule has 1 amide bonds. The Morgan fingerprint density at radius 3 is 2.59 bits per heavy atom. The molecular weight excluding hydrogens is 392 g/mol. The Kier molecular flexibility index (Phi) is 6.40. The summed E-state index contributed by atoms with van der Waals surface area (Å²) in [5.74, 6) is -1.13. The quantitative estimate of drug-likeness (QED) is 0.446. The normalized spacial score (nSPS) is 13.1. The monoisotopic (exact) mass is 414 g/mol. The molecule has 8 nitrogen and oxygen atoms in total. The van der Waals surface area contributed by atoms with Crippen molar-refractivity contribution in [1.82, 2.24) is 15.3 Å². The van der Waals surface area contributed by atoms with Gasteiger partial charge < -0.3 is 20.8 Å². The predicted molar refractivity (Wildman–Crippen MR) is 112 cm³/mol. The van der Waals surface area contributed by atoms with E-state index in [0.29, 0.717) is 5.82 Å². The Morgan fingerprint density at radius 2 is 1.93 bits per heavy atom. The second-order valence-corrected chi connectivity index (χ2v) is 7.81. The molecule has 2 unspecified atom stereocenters. The second kappa shape index (κ2) is 8.97. The van der Waals surface area contributed by atoms with E-state index in [1.165, 1.54) is 13.3 Å². The van der Waals surface area contributed by atoms with E-state index in [1.807, 2.05) is 37.3 Å². The fourth-order valence-corrected chi connectivity index (χ4v) is 4.07. The Balaban J connectivity index is 1.76. The SMILES string of the molecule is Cc1sc2ncnc(NCCC(=O)NC(C(=O)O)C(C)O)c2c1-c1ccccc1. The number of carboxylic acid groups (broad SMARTS) is 1. The summed E-state index contributed by atoms with van der Waals surface area (Å²) in [6.45, 7) is 3.61. The standard InChI is InChI=1S/C20H22N4O4S/c1-11(25)17(20(27)28)24-14(26)8-9-21-18-16-15(13-6-4-3-5-7-13)12(2)29-19(16)23-10-22-18/h3-7,10-11,17,25H,8-9H2,1-2H3,(H,24,26)(H,27,28)(H,21,22,23). The number of amides is 1. The molecule has 9 heteroatoms. The number of hydrogen-bond donors (Lipinski definition) is 4. The molecule has 0 fully saturated rings. The molecule has 0 aliphatic carbocycles. The molecule has 1 aromatic carbocycles. The van der Waals surface area contributed by atoms with Gasteiger partial charge >= 0.3 is 5.97 Å². The van der Waals surface area contributed by atoms with Crippen molar-refractivity contribution in [3.63, 3.8) is 0 Å². The van der Waals surface area contributed by atoms with Gasteiger partial charge in [-0.1, -0.05) is 30.3 Å². The summed E-state index contributed by atoms with van der Waals surface area (Å²) in [6, 6.07) is 8.62. The highest BCUT2D eigenvalue weighted by Crippen LogP contribution is 2.40. The lowest BCUT2D eigenvalue weighted by Gasteiger charge is -2.17. The van der Waals surface area contributed by atoms with Crippen LogP contribution in [0.5, 0.6) is 0 Å². The minimum absolute atomic E-state index is 0.0335. The van der Waals surface area contributed by atoms with Gasteiger partial charge in [0.1, 0.15) is 17.0 Å². The molecule has 0 aliphatic rings. The summed E-state index contributed by atoms with van der Waals surface area (Å²) < 4.78 is 0. The number of carbonyl (C=O) groups is 2. The van der Waals surface area contributed by atoms with Crippen molar-refractivity contribution in [1.29, 1.82) is 0 Å². The summed E-state index contributed by atoms with van der Waals surface area (Å²) in [5, 5.41) is 24.9. The highest BCUT2D eigenvalue weighted by Gasteiger charge is 2.24. The molecule has 0 aliphatic heterocycles. The molecule has 2 heterocycles. The van der Waals surface area contributed by atoms with Gasteiger partial charge in [-0.3, -0.25) is 4.79 Å². The lowest BCUT2D eigenvalue weighted by atomic mass is 10.0. The van der Waals surface area contributed by atoms with Crippen LogP contribution in [-0.2, 0) is 9.59 Å². The zero-order valence-electron chi connectivity index (χ0n) is 16.0. The van der Waals surface area contributed by atoms with Crippen LogP contribution in [0.25, 0.3) is 21.3 Å². The molecule has 3 rings (SSSR count). The number of thiophene rings is 1. The fourth-order valence-electron chi connectivity index (χ4n) is 3.06. The molecule has 4 N–H and O–H groups in total. The van der Waals surface area contributed by atoms with Crippen LogP contribution in [0.1, 0.15) is 18.2 Å². The van der Waals surface area contributed by atoms with E-state index in [-0.39, 0.29) is 13.0 Å². The third-order valence-electron chi connectivity index (χ3n) is 4.44. The van der Waals surface area contributed by atoms with Crippen LogP contribution >= 0.6 is 11.3 Å². The summed E-state index contributed by atoms with van der Waals surface area (Å²) in [5.41, 5.74) is 2.12. The smallest absolute Gasteiger partial charge is 0.328 e. The van der Waals surface area contributed by atoms with E-state index < -0.39 is 24.0 Å². The molecule has 2 aromatic heterocycles. The van der Waals surface area contributed by atoms with E-state index in [9.17, 15) is 14.7 Å². The highest BCUT2D eigenvalue weighted by atomic mass is 32.1. The molecule has 0 spiro atoms. The van der Waals surface area contributed by atoms with E-state index in [1.54, 1.807) is 11.3 Å². The van der Waals surface area contributed by atoms with Crippen LogP contribution in [0.4, 0.5) is 5.82 Å². The zero-order valence-corrected chi connectivity index (χ0v) is 16.9. The van der Waals surface area contributed by atoms with Gasteiger partial charge in [-0.15, -0.1) is 11.3 Å². The maximum atomic E-state index is 12.1. The van der Waals surface area contributed by atoms with Crippen LogP contribution in [-0.4, -0.2) is 50.7 Å². The van der Waals surface area contributed by atoms with Crippen molar-refractivity contribution in [3.05, 3.63) is 41.5 Å². The number of nitrogens with one attached hydrogen (secondary N) is 2. The van der Waals surface area contributed by atoms with Crippen LogP contribution in [0, 0.1) is 6.92 Å². The average Bonchev–Trinajstić information content (AvgIpc) is 3.03. The number of nitrogens with zero attached hydrogens (tertiary/aromatic N) is 2. The molecule has 3 aromatic rings. The van der Waals surface area contributed by atoms with Gasteiger partial charge in [0, 0.05) is 23.4 Å². The predicted octanol–water partition coefficient (Wildman–Crippen LogP) is 2.42. The summed E-state index contributed by atoms with van der Waals surface area (Å²) >= 11 is 1.58. The van der Waals surface area contributed by atoms with Crippen molar-refractivity contribution in [3.8, 4) is 11.1 Å². The van der Waals surface area contributed by atoms with Crippen LogP contribution in [0.15, 0.2) is 36.7 Å². The fraction of sp³-hybridized carbons (Fsp3) is 0.300. The maximum Gasteiger partial charge on any atom is 0.328 e. The lowest BCUT2D eigenvalue weighted by Crippen LogP contribution is -2.47. The molecule has 0 bridgehead atoms. The number of benzene rings is 1. The van der Waals surface area contributed by atoms with Crippen molar-refractivity contribution < 1.29 is 19.8 Å². The summed E-state index contributed by atoms with van der Waals surface area (Å²) in [6.07, 6.45) is 0.322. The van der Waals surface area contributed by atoms with Gasteiger partial charge in [0.15, 0.2) is 6.04 Å². The number of carbonyl (C=O) groups excluding carboxylic acids is 1. The molecule has 29 heavy (non-hydrogen) atoms. The number of aromatic nitrogens is 2. The number of carboxylic acids is 1. The first-order valence-electron chi connectivity index (χ1n) is 9.12.